The van der Waals surface area contributed by atoms with Crippen molar-refractivity contribution in [1.29, 1.82) is 0 Å². The van der Waals surface area contributed by atoms with Crippen molar-refractivity contribution in [1.82, 2.24) is 25.6 Å². The predicted octanol–water partition coefficient (Wildman–Crippen LogP) is 3.77. The van der Waals surface area contributed by atoms with Crippen LogP contribution < -0.4 is 10.6 Å². The maximum absolute atomic E-state index is 12.5. The number of carbonyl (C=O) groups is 2. The molecule has 0 atom stereocenters. The second-order valence-electron chi connectivity index (χ2n) is 8.12. The van der Waals surface area contributed by atoms with Gasteiger partial charge in [-0.3, -0.25) is 9.59 Å². The predicted molar refractivity (Wildman–Crippen MR) is 122 cm³/mol. The number of hydrogen-bond donors (Lipinski definition) is 2. The third kappa shape index (κ3) is 4.44. The number of aryl methyl sites for hydroxylation is 2. The van der Waals surface area contributed by atoms with E-state index >= 15 is 0 Å². The van der Waals surface area contributed by atoms with Crippen molar-refractivity contribution in [2.24, 2.45) is 5.92 Å². The zero-order valence-corrected chi connectivity index (χ0v) is 18.9. The molecule has 1 saturated carbocycles. The number of amides is 2. The van der Waals surface area contributed by atoms with Crippen LogP contribution in [0.4, 0.5) is 0 Å². The molecule has 2 N–H and O–H groups in total. The highest BCUT2D eigenvalue weighted by molar-refractivity contribution is 7.20. The molecular formula is C23H27N5O2S. The summed E-state index contributed by atoms with van der Waals surface area (Å²) in [4.78, 5) is 39.6. The molecule has 0 bridgehead atoms. The molecule has 1 aliphatic rings. The molecule has 162 valence electrons. The Morgan fingerprint density at radius 3 is 2.61 bits per heavy atom. The number of fused-ring (bicyclic) bond motifs is 1. The van der Waals surface area contributed by atoms with E-state index in [1.165, 1.54) is 11.3 Å². The molecule has 2 amide bonds. The van der Waals surface area contributed by atoms with Crippen molar-refractivity contribution >= 4 is 33.4 Å². The maximum atomic E-state index is 12.5. The normalized spacial score (nSPS) is 18.7. The van der Waals surface area contributed by atoms with Crippen molar-refractivity contribution < 1.29 is 9.59 Å². The summed E-state index contributed by atoms with van der Waals surface area (Å²) >= 11 is 1.47. The molecule has 0 saturated heterocycles. The Kier molecular flexibility index (Phi) is 6.27. The van der Waals surface area contributed by atoms with Crippen molar-refractivity contribution in [2.75, 3.05) is 13.6 Å². The van der Waals surface area contributed by atoms with Crippen molar-refractivity contribution in [3.05, 3.63) is 52.0 Å². The minimum atomic E-state index is -0.114. The molecule has 1 fully saturated rings. The summed E-state index contributed by atoms with van der Waals surface area (Å²) in [6.45, 7) is 4.29. The lowest BCUT2D eigenvalue weighted by Gasteiger charge is -2.29. The molecule has 0 radical (unpaired) electrons. The fourth-order valence-corrected chi connectivity index (χ4v) is 5.61. The zero-order chi connectivity index (χ0) is 22.0. The van der Waals surface area contributed by atoms with Crippen LogP contribution in [-0.2, 0) is 0 Å². The number of aromatic nitrogens is 3. The Balaban J connectivity index is 1.41. The van der Waals surface area contributed by atoms with Crippen LogP contribution >= 0.6 is 11.3 Å². The van der Waals surface area contributed by atoms with E-state index < -0.39 is 0 Å². The van der Waals surface area contributed by atoms with Crippen LogP contribution in [0.15, 0.2) is 24.5 Å². The van der Waals surface area contributed by atoms with Gasteiger partial charge in [0.05, 0.1) is 16.1 Å². The average molecular weight is 438 g/mol. The van der Waals surface area contributed by atoms with Crippen LogP contribution in [0.1, 0.15) is 68.7 Å². The number of carbonyl (C=O) groups excluding carboxylic acids is 2. The van der Waals surface area contributed by atoms with Gasteiger partial charge in [0.1, 0.15) is 10.7 Å². The highest BCUT2D eigenvalue weighted by atomic mass is 32.1. The SMILES string of the molecule is CNC(=O)c1sc2ncccc2c1C1CCC(CNC(=O)c2cnc(C)nc2C)CC1. The molecule has 3 heterocycles. The summed E-state index contributed by atoms with van der Waals surface area (Å²) in [5, 5.41) is 6.92. The van der Waals surface area contributed by atoms with Gasteiger partial charge in [0.2, 0.25) is 0 Å². The van der Waals surface area contributed by atoms with Crippen molar-refractivity contribution in [2.45, 2.75) is 45.4 Å². The number of nitrogens with one attached hydrogen (secondary N) is 2. The molecule has 8 heteroatoms. The zero-order valence-electron chi connectivity index (χ0n) is 18.1. The van der Waals surface area contributed by atoms with Gasteiger partial charge in [-0.05, 0) is 63.0 Å². The second kappa shape index (κ2) is 9.09. The molecule has 4 rings (SSSR count). The average Bonchev–Trinajstić information content (AvgIpc) is 3.17. The lowest BCUT2D eigenvalue weighted by molar-refractivity contribution is 0.0937. The van der Waals surface area contributed by atoms with E-state index in [-0.39, 0.29) is 11.8 Å². The van der Waals surface area contributed by atoms with Crippen LogP contribution in [-0.4, -0.2) is 40.4 Å². The van der Waals surface area contributed by atoms with Crippen molar-refractivity contribution in [3.63, 3.8) is 0 Å². The summed E-state index contributed by atoms with van der Waals surface area (Å²) in [5.74, 6) is 1.28. The third-order valence-corrected chi connectivity index (χ3v) is 7.22. The summed E-state index contributed by atoms with van der Waals surface area (Å²) in [6.07, 6.45) is 7.39. The quantitative estimate of drug-likeness (QED) is 0.633. The Labute approximate surface area is 185 Å². The summed E-state index contributed by atoms with van der Waals surface area (Å²) in [7, 11) is 1.67. The Bertz CT molecular complexity index is 1120. The number of thiophene rings is 1. The van der Waals surface area contributed by atoms with E-state index in [0.29, 0.717) is 35.5 Å². The monoisotopic (exact) mass is 437 g/mol. The number of rotatable bonds is 5. The largest absolute Gasteiger partial charge is 0.354 e. The highest BCUT2D eigenvalue weighted by Crippen LogP contribution is 2.43. The van der Waals surface area contributed by atoms with Gasteiger partial charge in [-0.1, -0.05) is 6.07 Å². The van der Waals surface area contributed by atoms with E-state index in [1.54, 1.807) is 19.4 Å². The van der Waals surface area contributed by atoms with Gasteiger partial charge in [0.15, 0.2) is 0 Å². The first-order chi connectivity index (χ1) is 15.0. The molecule has 0 spiro atoms. The van der Waals surface area contributed by atoms with Gasteiger partial charge < -0.3 is 10.6 Å². The van der Waals surface area contributed by atoms with Gasteiger partial charge >= 0.3 is 0 Å². The maximum Gasteiger partial charge on any atom is 0.261 e. The Morgan fingerprint density at radius 1 is 1.13 bits per heavy atom. The van der Waals surface area contributed by atoms with Gasteiger partial charge in [-0.2, -0.15) is 0 Å². The van der Waals surface area contributed by atoms with Gasteiger partial charge in [-0.15, -0.1) is 11.3 Å². The van der Waals surface area contributed by atoms with E-state index in [1.807, 2.05) is 19.9 Å². The van der Waals surface area contributed by atoms with Crippen LogP contribution in [0.2, 0.25) is 0 Å². The van der Waals surface area contributed by atoms with E-state index in [9.17, 15) is 9.59 Å². The van der Waals surface area contributed by atoms with Gasteiger partial charge in [0, 0.05) is 31.4 Å². The number of nitrogens with zero attached hydrogens (tertiary/aromatic N) is 3. The standard InChI is InChI=1S/C23H27N5O2S/c1-13-18(12-26-14(2)28-13)21(29)27-11-15-6-8-16(9-7-15)19-17-5-4-10-25-23(17)31-20(19)22(30)24-3/h4-5,10,12,15-16H,6-9,11H2,1-3H3,(H,24,30)(H,27,29). The van der Waals surface area contributed by atoms with E-state index in [2.05, 4.69) is 31.7 Å². The van der Waals surface area contributed by atoms with Crippen LogP contribution in [0.25, 0.3) is 10.2 Å². The molecule has 3 aromatic rings. The van der Waals surface area contributed by atoms with Crippen molar-refractivity contribution in [3.8, 4) is 0 Å². The molecule has 0 aromatic carbocycles. The second-order valence-corrected chi connectivity index (χ2v) is 9.12. The molecule has 7 nitrogen and oxygen atoms in total. The molecule has 0 unspecified atom stereocenters. The molecule has 0 aliphatic heterocycles. The van der Waals surface area contributed by atoms with Crippen LogP contribution in [0.3, 0.4) is 0 Å². The van der Waals surface area contributed by atoms with E-state index in [4.69, 9.17) is 0 Å². The lowest BCUT2D eigenvalue weighted by Crippen LogP contribution is -2.32. The lowest BCUT2D eigenvalue weighted by atomic mass is 9.78. The highest BCUT2D eigenvalue weighted by Gasteiger charge is 2.29. The topological polar surface area (TPSA) is 96.9 Å². The minimum Gasteiger partial charge on any atom is -0.354 e. The summed E-state index contributed by atoms with van der Waals surface area (Å²) in [5.41, 5.74) is 2.38. The fraction of sp³-hybridized carbons (Fsp3) is 0.435. The number of hydrogen-bond acceptors (Lipinski definition) is 6. The Hall–Kier alpha value is -2.87. The number of pyridine rings is 1. The van der Waals surface area contributed by atoms with Gasteiger partial charge in [0.25, 0.3) is 11.8 Å². The Morgan fingerprint density at radius 2 is 1.90 bits per heavy atom. The molecule has 3 aromatic heterocycles. The molecule has 31 heavy (non-hydrogen) atoms. The van der Waals surface area contributed by atoms with E-state index in [0.717, 1.165) is 46.3 Å². The third-order valence-electron chi connectivity index (χ3n) is 6.09. The minimum absolute atomic E-state index is 0.0388. The summed E-state index contributed by atoms with van der Waals surface area (Å²) < 4.78 is 0. The molecular weight excluding hydrogens is 410 g/mol. The van der Waals surface area contributed by atoms with Crippen LogP contribution in [0.5, 0.6) is 0 Å². The smallest absolute Gasteiger partial charge is 0.261 e. The van der Waals surface area contributed by atoms with Crippen LogP contribution in [0, 0.1) is 19.8 Å². The first-order valence-corrected chi connectivity index (χ1v) is 11.5. The first-order valence-electron chi connectivity index (χ1n) is 10.7. The summed E-state index contributed by atoms with van der Waals surface area (Å²) in [6, 6.07) is 4.00. The van der Waals surface area contributed by atoms with Gasteiger partial charge in [-0.25, -0.2) is 15.0 Å². The first kappa shape index (κ1) is 21.4. The fourth-order valence-electron chi connectivity index (χ4n) is 4.43. The molecule has 1 aliphatic carbocycles.